The molecule has 21 heavy (non-hydrogen) atoms. The number of aliphatic hydroxyl groups excluding tert-OH is 1. The van der Waals surface area contributed by atoms with Crippen LogP contribution in [-0.4, -0.2) is 11.2 Å². The third-order valence-electron chi connectivity index (χ3n) is 4.41. The second-order valence-corrected chi connectivity index (χ2v) is 6.67. The Kier molecular flexibility index (Phi) is 7.74. The van der Waals surface area contributed by atoms with E-state index in [1.165, 1.54) is 16.7 Å². The molecular weight excluding hydrogens is 256 g/mol. The molecule has 0 aliphatic heterocycles. The molecule has 0 aromatic rings. The first-order chi connectivity index (χ1) is 9.90. The smallest absolute Gasteiger partial charge is 0.0788 e. The van der Waals surface area contributed by atoms with Crippen LogP contribution in [0, 0.1) is 5.92 Å². The predicted molar refractivity (Wildman–Crippen MR) is 93.3 cm³/mol. The van der Waals surface area contributed by atoms with Crippen LogP contribution in [-0.2, 0) is 0 Å². The Hall–Kier alpha value is -1.08. The summed E-state index contributed by atoms with van der Waals surface area (Å²) in [5.41, 5.74) is 5.27. The van der Waals surface area contributed by atoms with Crippen molar-refractivity contribution in [1.82, 2.24) is 0 Å². The molecule has 0 radical (unpaired) electrons. The quantitative estimate of drug-likeness (QED) is 0.611. The van der Waals surface area contributed by atoms with E-state index in [1.807, 2.05) is 13.0 Å². The van der Waals surface area contributed by atoms with E-state index < -0.39 is 6.10 Å². The van der Waals surface area contributed by atoms with Crippen molar-refractivity contribution in [3.05, 3.63) is 47.1 Å². The Morgan fingerprint density at radius 2 is 1.52 bits per heavy atom. The molecule has 1 N–H and O–H groups in total. The largest absolute Gasteiger partial charge is 0.388 e. The fraction of sp³-hybridized carbons (Fsp3) is 0.600. The Morgan fingerprint density at radius 3 is 2.10 bits per heavy atom. The van der Waals surface area contributed by atoms with Gasteiger partial charge in [-0.3, -0.25) is 0 Å². The standard InChI is InChI=1S/C20H32O/c1-15(2)19-13-12-17(4)10-6-8-16(3)9-7-11-18(5)14-20(19)21/h9-10,14,19-21H,1,6-8,11-13H2,2-5H3/b16-9+,17-10+,18-14+/t19-,20-/m1/s1. The molecule has 0 saturated carbocycles. The van der Waals surface area contributed by atoms with Crippen LogP contribution in [0.3, 0.4) is 0 Å². The molecule has 0 bridgehead atoms. The van der Waals surface area contributed by atoms with Gasteiger partial charge in [-0.1, -0.05) is 47.1 Å². The zero-order valence-corrected chi connectivity index (χ0v) is 14.3. The summed E-state index contributed by atoms with van der Waals surface area (Å²) < 4.78 is 0. The average molecular weight is 288 g/mol. The van der Waals surface area contributed by atoms with Crippen LogP contribution < -0.4 is 0 Å². The lowest BCUT2D eigenvalue weighted by atomic mass is 9.87. The maximum Gasteiger partial charge on any atom is 0.0788 e. The van der Waals surface area contributed by atoms with Gasteiger partial charge in [0.25, 0.3) is 0 Å². The second kappa shape index (κ2) is 9.04. The van der Waals surface area contributed by atoms with E-state index in [-0.39, 0.29) is 5.92 Å². The molecule has 0 unspecified atom stereocenters. The third-order valence-corrected chi connectivity index (χ3v) is 4.41. The predicted octanol–water partition coefficient (Wildman–Crippen LogP) is 5.73. The van der Waals surface area contributed by atoms with Gasteiger partial charge in [-0.25, -0.2) is 0 Å². The topological polar surface area (TPSA) is 20.2 Å². The molecule has 0 aromatic heterocycles. The van der Waals surface area contributed by atoms with Gasteiger partial charge in [-0.05, 0) is 66.2 Å². The normalized spacial score (nSPS) is 33.7. The average Bonchev–Trinajstić information content (AvgIpc) is 2.37. The van der Waals surface area contributed by atoms with E-state index >= 15 is 0 Å². The second-order valence-electron chi connectivity index (χ2n) is 6.67. The van der Waals surface area contributed by atoms with E-state index in [0.29, 0.717) is 0 Å². The maximum atomic E-state index is 10.5. The highest BCUT2D eigenvalue weighted by molar-refractivity contribution is 5.13. The molecule has 1 nitrogen and oxygen atoms in total. The van der Waals surface area contributed by atoms with Gasteiger partial charge >= 0.3 is 0 Å². The van der Waals surface area contributed by atoms with Gasteiger partial charge in [0.2, 0.25) is 0 Å². The molecule has 0 fully saturated rings. The van der Waals surface area contributed by atoms with Crippen LogP contribution in [0.5, 0.6) is 0 Å². The summed E-state index contributed by atoms with van der Waals surface area (Å²) >= 11 is 0. The first kappa shape index (κ1) is 18.0. The lowest BCUT2D eigenvalue weighted by molar-refractivity contribution is 0.165. The molecule has 1 aliphatic rings. The van der Waals surface area contributed by atoms with Gasteiger partial charge in [0.1, 0.15) is 0 Å². The molecule has 118 valence electrons. The van der Waals surface area contributed by atoms with Crippen LogP contribution in [0.4, 0.5) is 0 Å². The van der Waals surface area contributed by atoms with Crippen molar-refractivity contribution in [1.29, 1.82) is 0 Å². The highest BCUT2D eigenvalue weighted by atomic mass is 16.3. The van der Waals surface area contributed by atoms with E-state index in [1.54, 1.807) is 0 Å². The molecule has 0 heterocycles. The van der Waals surface area contributed by atoms with Crippen molar-refractivity contribution in [3.8, 4) is 0 Å². The van der Waals surface area contributed by atoms with E-state index in [0.717, 1.165) is 44.1 Å². The molecule has 0 saturated heterocycles. The van der Waals surface area contributed by atoms with Gasteiger partial charge in [0.15, 0.2) is 0 Å². The molecule has 0 amide bonds. The van der Waals surface area contributed by atoms with Crippen molar-refractivity contribution in [3.63, 3.8) is 0 Å². The Bertz CT molecular complexity index is 437. The van der Waals surface area contributed by atoms with Gasteiger partial charge in [0.05, 0.1) is 6.10 Å². The number of aliphatic hydroxyl groups is 1. The van der Waals surface area contributed by atoms with E-state index in [9.17, 15) is 5.11 Å². The lowest BCUT2D eigenvalue weighted by Crippen LogP contribution is -2.19. The first-order valence-corrected chi connectivity index (χ1v) is 8.22. The van der Waals surface area contributed by atoms with Crippen LogP contribution in [0.25, 0.3) is 0 Å². The first-order valence-electron chi connectivity index (χ1n) is 8.22. The molecular formula is C20H32O. The van der Waals surface area contributed by atoms with Crippen LogP contribution in [0.15, 0.2) is 47.1 Å². The highest BCUT2D eigenvalue weighted by Crippen LogP contribution is 2.25. The van der Waals surface area contributed by atoms with E-state index in [2.05, 4.69) is 39.5 Å². The van der Waals surface area contributed by atoms with Crippen LogP contribution >= 0.6 is 0 Å². The van der Waals surface area contributed by atoms with Crippen molar-refractivity contribution in [2.24, 2.45) is 5.92 Å². The van der Waals surface area contributed by atoms with Gasteiger partial charge < -0.3 is 5.11 Å². The minimum atomic E-state index is -0.400. The van der Waals surface area contributed by atoms with Crippen LogP contribution in [0.1, 0.15) is 66.2 Å². The highest BCUT2D eigenvalue weighted by Gasteiger charge is 2.18. The maximum absolute atomic E-state index is 10.5. The Labute approximate surface area is 131 Å². The minimum Gasteiger partial charge on any atom is -0.388 e. The monoisotopic (exact) mass is 288 g/mol. The van der Waals surface area contributed by atoms with Crippen molar-refractivity contribution in [2.45, 2.75) is 72.3 Å². The summed E-state index contributed by atoms with van der Waals surface area (Å²) in [4.78, 5) is 0. The minimum absolute atomic E-state index is 0.170. The summed E-state index contributed by atoms with van der Waals surface area (Å²) in [6.45, 7) is 12.7. The van der Waals surface area contributed by atoms with Crippen LogP contribution in [0.2, 0.25) is 0 Å². The fourth-order valence-electron chi connectivity index (χ4n) is 2.88. The summed E-state index contributed by atoms with van der Waals surface area (Å²) in [6.07, 6.45) is 12.8. The van der Waals surface area contributed by atoms with Crippen molar-refractivity contribution >= 4 is 0 Å². The number of rotatable bonds is 1. The third kappa shape index (κ3) is 6.95. The summed E-state index contributed by atoms with van der Waals surface area (Å²) in [7, 11) is 0. The molecule has 1 rings (SSSR count). The molecule has 1 aliphatic carbocycles. The lowest BCUT2D eigenvalue weighted by Gasteiger charge is -2.22. The van der Waals surface area contributed by atoms with Crippen molar-refractivity contribution in [2.75, 3.05) is 0 Å². The summed E-state index contributed by atoms with van der Waals surface area (Å²) in [6, 6.07) is 0. The zero-order chi connectivity index (χ0) is 15.8. The summed E-state index contributed by atoms with van der Waals surface area (Å²) in [5.74, 6) is 0.170. The zero-order valence-electron chi connectivity index (χ0n) is 14.3. The molecule has 0 spiro atoms. The number of hydrogen-bond donors (Lipinski definition) is 1. The fourth-order valence-corrected chi connectivity index (χ4v) is 2.88. The molecule has 1 heteroatoms. The SMILES string of the molecule is C=C(C)[C@H]1CC/C(C)=C/CC/C(C)=C/CC/C(C)=C/[C@H]1O. The number of allylic oxidation sites excluding steroid dienone is 5. The number of hydrogen-bond acceptors (Lipinski definition) is 1. The van der Waals surface area contributed by atoms with Crippen molar-refractivity contribution < 1.29 is 5.11 Å². The molecule has 0 aromatic carbocycles. The van der Waals surface area contributed by atoms with E-state index in [4.69, 9.17) is 0 Å². The summed E-state index contributed by atoms with van der Waals surface area (Å²) in [5, 5.41) is 10.5. The Morgan fingerprint density at radius 1 is 1.00 bits per heavy atom. The van der Waals surface area contributed by atoms with Gasteiger partial charge in [0, 0.05) is 5.92 Å². The van der Waals surface area contributed by atoms with Gasteiger partial charge in [-0.15, -0.1) is 0 Å². The Balaban J connectivity index is 2.90. The van der Waals surface area contributed by atoms with Gasteiger partial charge in [-0.2, -0.15) is 0 Å². The molecule has 2 atom stereocenters.